The number of nitrogens with zero attached hydrogens (tertiary/aromatic N) is 6. The maximum atomic E-state index is 5.03. The number of aromatic nitrogens is 6. The lowest BCUT2D eigenvalue weighted by atomic mass is 10.0. The minimum absolute atomic E-state index is 0.776. The van der Waals surface area contributed by atoms with Crippen LogP contribution in [0.25, 0.3) is 89.0 Å². The monoisotopic (exact) mass is 640 g/mol. The molecular weight excluding hydrogens is 613 g/mol. The van der Waals surface area contributed by atoms with Gasteiger partial charge in [-0.3, -0.25) is 15.0 Å². The maximum Gasteiger partial charge on any atom is 0.0963 e. The Kier molecular flexibility index (Phi) is 6.39. The Morgan fingerprint density at radius 3 is 1.60 bits per heavy atom. The van der Waals surface area contributed by atoms with Crippen LogP contribution in [0.2, 0.25) is 0 Å². The Hall–Kier alpha value is -6.92. The van der Waals surface area contributed by atoms with Gasteiger partial charge in [-0.25, -0.2) is 4.98 Å². The molecule has 0 spiro atoms. The van der Waals surface area contributed by atoms with Gasteiger partial charge in [0.1, 0.15) is 0 Å². The fourth-order valence-electron chi connectivity index (χ4n) is 7.23. The molecule has 0 aliphatic rings. The fourth-order valence-corrected chi connectivity index (χ4v) is 7.23. The van der Waals surface area contributed by atoms with Gasteiger partial charge in [0.05, 0.1) is 56.0 Å². The van der Waals surface area contributed by atoms with Gasteiger partial charge in [0.2, 0.25) is 0 Å². The molecule has 6 aromatic heterocycles. The van der Waals surface area contributed by atoms with E-state index in [1.54, 1.807) is 12.4 Å². The van der Waals surface area contributed by atoms with Gasteiger partial charge in [-0.15, -0.1) is 0 Å². The second kappa shape index (κ2) is 11.4. The Morgan fingerprint density at radius 1 is 0.340 bits per heavy atom. The van der Waals surface area contributed by atoms with Crippen LogP contribution in [0.3, 0.4) is 0 Å². The van der Waals surface area contributed by atoms with Crippen molar-refractivity contribution < 1.29 is 0 Å². The van der Waals surface area contributed by atoms with Crippen molar-refractivity contribution in [2.75, 3.05) is 0 Å². The van der Waals surface area contributed by atoms with Crippen LogP contribution >= 0.6 is 0 Å². The number of hydrogen-bond acceptors (Lipinski definition) is 4. The molecule has 0 N–H and O–H groups in total. The molecule has 0 aliphatic heterocycles. The minimum atomic E-state index is 0.776. The van der Waals surface area contributed by atoms with Crippen molar-refractivity contribution in [1.82, 2.24) is 29.1 Å². The first-order valence-corrected chi connectivity index (χ1v) is 16.6. The van der Waals surface area contributed by atoms with Gasteiger partial charge in [0, 0.05) is 40.4 Å². The number of benzene rings is 4. The van der Waals surface area contributed by atoms with Crippen LogP contribution in [0, 0.1) is 0 Å². The van der Waals surface area contributed by atoms with E-state index in [0.717, 1.165) is 67.2 Å². The summed E-state index contributed by atoms with van der Waals surface area (Å²) in [6, 6.07) is 52.9. The van der Waals surface area contributed by atoms with Gasteiger partial charge in [0.25, 0.3) is 0 Å². The van der Waals surface area contributed by atoms with Crippen LogP contribution in [0.15, 0.2) is 170 Å². The third-order valence-electron chi connectivity index (χ3n) is 9.47. The average Bonchev–Trinajstić information content (AvgIpc) is 3.71. The van der Waals surface area contributed by atoms with Crippen molar-refractivity contribution in [2.24, 2.45) is 0 Å². The van der Waals surface area contributed by atoms with E-state index in [2.05, 4.69) is 128 Å². The van der Waals surface area contributed by atoms with Crippen molar-refractivity contribution in [2.45, 2.75) is 0 Å². The molecule has 10 aromatic rings. The Morgan fingerprint density at radius 2 is 0.900 bits per heavy atom. The molecule has 0 aliphatic carbocycles. The molecule has 50 heavy (non-hydrogen) atoms. The third kappa shape index (κ3) is 4.50. The SMILES string of the molecule is c1ccc(-n2c3ccccc3c3ccc(-c4ccc5c6ncccc6n(-c6cc(-c7ccccn7)nc(-c7ccccn7)c6)c5c4)cc32)cc1. The largest absolute Gasteiger partial charge is 0.309 e. The number of rotatable bonds is 5. The van der Waals surface area contributed by atoms with Gasteiger partial charge in [-0.2, -0.15) is 0 Å². The first-order chi connectivity index (χ1) is 24.8. The van der Waals surface area contributed by atoms with E-state index in [1.807, 2.05) is 48.7 Å². The number of para-hydroxylation sites is 2. The molecule has 6 heterocycles. The second-order valence-corrected chi connectivity index (χ2v) is 12.4. The number of fused-ring (bicyclic) bond motifs is 6. The van der Waals surface area contributed by atoms with Gasteiger partial charge in [-0.1, -0.05) is 66.7 Å². The van der Waals surface area contributed by atoms with Gasteiger partial charge < -0.3 is 9.13 Å². The van der Waals surface area contributed by atoms with E-state index in [0.29, 0.717) is 0 Å². The molecule has 0 fully saturated rings. The van der Waals surface area contributed by atoms with E-state index < -0.39 is 0 Å². The predicted octanol–water partition coefficient (Wildman–Crippen LogP) is 10.5. The summed E-state index contributed by atoms with van der Waals surface area (Å²) in [5, 5.41) is 3.55. The summed E-state index contributed by atoms with van der Waals surface area (Å²) in [6.45, 7) is 0. The van der Waals surface area contributed by atoms with Crippen LogP contribution in [0.1, 0.15) is 0 Å². The zero-order valence-electron chi connectivity index (χ0n) is 26.8. The van der Waals surface area contributed by atoms with Crippen molar-refractivity contribution in [1.29, 1.82) is 0 Å². The molecule has 0 amide bonds. The number of pyridine rings is 4. The van der Waals surface area contributed by atoms with Crippen LogP contribution in [-0.4, -0.2) is 29.1 Å². The molecule has 0 bridgehead atoms. The zero-order valence-corrected chi connectivity index (χ0v) is 26.8. The molecule has 234 valence electrons. The molecule has 6 heteroatoms. The highest BCUT2D eigenvalue weighted by molar-refractivity contribution is 6.11. The molecule has 4 aromatic carbocycles. The van der Waals surface area contributed by atoms with E-state index in [4.69, 9.17) is 9.97 Å². The van der Waals surface area contributed by atoms with Crippen molar-refractivity contribution >= 4 is 43.7 Å². The third-order valence-corrected chi connectivity index (χ3v) is 9.47. The lowest BCUT2D eigenvalue weighted by Gasteiger charge is -2.13. The summed E-state index contributed by atoms with van der Waals surface area (Å²) in [6.07, 6.45) is 5.46. The van der Waals surface area contributed by atoms with Crippen molar-refractivity contribution in [3.05, 3.63) is 170 Å². The highest BCUT2D eigenvalue weighted by atomic mass is 15.0. The lowest BCUT2D eigenvalue weighted by molar-refractivity contribution is 1.14. The van der Waals surface area contributed by atoms with Crippen molar-refractivity contribution in [3.63, 3.8) is 0 Å². The van der Waals surface area contributed by atoms with Crippen molar-refractivity contribution in [3.8, 4) is 45.3 Å². The summed E-state index contributed by atoms with van der Waals surface area (Å²) >= 11 is 0. The minimum Gasteiger partial charge on any atom is -0.309 e. The molecule has 6 nitrogen and oxygen atoms in total. The lowest BCUT2D eigenvalue weighted by Crippen LogP contribution is -1.99. The summed E-state index contributed by atoms with van der Waals surface area (Å²) < 4.78 is 4.66. The smallest absolute Gasteiger partial charge is 0.0963 e. The van der Waals surface area contributed by atoms with Crippen LogP contribution < -0.4 is 0 Å². The summed E-state index contributed by atoms with van der Waals surface area (Å²) in [7, 11) is 0. The van der Waals surface area contributed by atoms with E-state index in [9.17, 15) is 0 Å². The summed E-state index contributed by atoms with van der Waals surface area (Å²) in [5.74, 6) is 0. The van der Waals surface area contributed by atoms with E-state index in [1.165, 1.54) is 21.8 Å². The van der Waals surface area contributed by atoms with Crippen LogP contribution in [0.4, 0.5) is 0 Å². The average molecular weight is 641 g/mol. The second-order valence-electron chi connectivity index (χ2n) is 12.4. The normalized spacial score (nSPS) is 11.6. The first kappa shape index (κ1) is 28.1. The van der Waals surface area contributed by atoms with Crippen LogP contribution in [-0.2, 0) is 0 Å². The Balaban J connectivity index is 1.22. The van der Waals surface area contributed by atoms with Crippen LogP contribution in [0.5, 0.6) is 0 Å². The molecule has 0 saturated heterocycles. The Bertz CT molecular complexity index is 2800. The first-order valence-electron chi connectivity index (χ1n) is 16.6. The highest BCUT2D eigenvalue weighted by Gasteiger charge is 2.18. The van der Waals surface area contributed by atoms with E-state index >= 15 is 0 Å². The molecule has 0 radical (unpaired) electrons. The molecule has 10 rings (SSSR count). The quantitative estimate of drug-likeness (QED) is 0.188. The fraction of sp³-hybridized carbons (Fsp3) is 0. The van der Waals surface area contributed by atoms with Gasteiger partial charge in [0.15, 0.2) is 0 Å². The molecule has 0 saturated carbocycles. The van der Waals surface area contributed by atoms with Gasteiger partial charge >= 0.3 is 0 Å². The molecule has 0 atom stereocenters. The van der Waals surface area contributed by atoms with E-state index in [-0.39, 0.29) is 0 Å². The topological polar surface area (TPSA) is 61.4 Å². The zero-order chi connectivity index (χ0) is 33.0. The standard InChI is InChI=1S/C44H28N6/c1-2-11-31(12-3-1)49-40-16-5-4-13-33(40)34-20-18-29(25-42(34)49)30-19-21-35-43(26-30)50(41-17-10-24-47-44(35)41)32-27-38(36-14-6-8-22-45-36)48-39(28-32)37-15-7-9-23-46-37/h1-28H. The summed E-state index contributed by atoms with van der Waals surface area (Å²) in [4.78, 5) is 19.2. The number of hydrogen-bond donors (Lipinski definition) is 0. The summed E-state index contributed by atoms with van der Waals surface area (Å²) in [5.41, 5.74) is 12.9. The van der Waals surface area contributed by atoms with Gasteiger partial charge in [-0.05, 0) is 96.1 Å². The Labute approximate surface area is 287 Å². The molecular formula is C44H28N6. The highest BCUT2D eigenvalue weighted by Crippen LogP contribution is 2.38. The molecule has 0 unspecified atom stereocenters. The maximum absolute atomic E-state index is 5.03. The predicted molar refractivity (Wildman–Crippen MR) is 203 cm³/mol.